The summed E-state index contributed by atoms with van der Waals surface area (Å²) in [6, 6.07) is 13.3. The van der Waals surface area contributed by atoms with E-state index in [4.69, 9.17) is 9.47 Å². The minimum Gasteiger partial charge on any atom is -0.493 e. The zero-order valence-electron chi connectivity index (χ0n) is 19.0. The van der Waals surface area contributed by atoms with Crippen molar-refractivity contribution in [3.05, 3.63) is 70.9 Å². The van der Waals surface area contributed by atoms with E-state index < -0.39 is 0 Å². The van der Waals surface area contributed by atoms with Gasteiger partial charge in [0.25, 0.3) is 5.91 Å². The maximum atomic E-state index is 13.2. The molecule has 0 saturated carbocycles. The first-order valence-electron chi connectivity index (χ1n) is 10.9. The Kier molecular flexibility index (Phi) is 7.27. The van der Waals surface area contributed by atoms with Crippen LogP contribution in [0.2, 0.25) is 0 Å². The van der Waals surface area contributed by atoms with E-state index in [0.717, 1.165) is 28.2 Å². The van der Waals surface area contributed by atoms with Gasteiger partial charge in [-0.25, -0.2) is 4.39 Å². The van der Waals surface area contributed by atoms with Crippen molar-refractivity contribution in [2.45, 2.75) is 12.8 Å². The van der Waals surface area contributed by atoms with Crippen LogP contribution < -0.4 is 14.8 Å². The Bertz CT molecular complexity index is 1210. The summed E-state index contributed by atoms with van der Waals surface area (Å²) in [5, 5.41) is 2.81. The van der Waals surface area contributed by atoms with Crippen LogP contribution in [0.25, 0.3) is 16.5 Å². The number of nitrogens with one attached hydrogen (secondary N) is 1. The SMILES string of the molecule is COc1cc(NC(=O)/C=C/c2ccc(-c3ccc(F)cc3)s2)c(C(=O)N2CCCC2)cc1OC. The normalized spacial score (nSPS) is 13.3. The van der Waals surface area contributed by atoms with Gasteiger partial charge in [0, 0.05) is 35.0 Å². The van der Waals surface area contributed by atoms with Crippen LogP contribution in [0.5, 0.6) is 11.5 Å². The summed E-state index contributed by atoms with van der Waals surface area (Å²) in [7, 11) is 3.00. The summed E-state index contributed by atoms with van der Waals surface area (Å²) in [4.78, 5) is 29.4. The van der Waals surface area contributed by atoms with E-state index >= 15 is 0 Å². The Morgan fingerprint density at radius 1 is 1.00 bits per heavy atom. The number of hydrogen-bond donors (Lipinski definition) is 1. The first-order valence-corrected chi connectivity index (χ1v) is 11.7. The lowest BCUT2D eigenvalue weighted by molar-refractivity contribution is -0.111. The number of ether oxygens (including phenoxy) is 2. The molecule has 0 aliphatic carbocycles. The monoisotopic (exact) mass is 480 g/mol. The molecule has 1 aliphatic heterocycles. The molecular weight excluding hydrogens is 455 g/mol. The van der Waals surface area contributed by atoms with Crippen molar-refractivity contribution in [2.24, 2.45) is 0 Å². The number of carbonyl (C=O) groups excluding carboxylic acids is 2. The van der Waals surface area contributed by atoms with E-state index in [-0.39, 0.29) is 17.6 Å². The minimum atomic E-state index is -0.376. The molecular formula is C26H25FN2O4S. The van der Waals surface area contributed by atoms with Gasteiger partial charge in [0.05, 0.1) is 25.5 Å². The van der Waals surface area contributed by atoms with Gasteiger partial charge < -0.3 is 19.7 Å². The lowest BCUT2D eigenvalue weighted by Crippen LogP contribution is -2.28. The quantitative estimate of drug-likeness (QED) is 0.456. The number of anilines is 1. The number of carbonyl (C=O) groups is 2. The fourth-order valence-corrected chi connectivity index (χ4v) is 4.71. The highest BCUT2D eigenvalue weighted by Crippen LogP contribution is 2.35. The van der Waals surface area contributed by atoms with Crippen LogP contribution in [-0.4, -0.2) is 44.0 Å². The Morgan fingerprint density at radius 2 is 1.68 bits per heavy atom. The smallest absolute Gasteiger partial charge is 0.256 e. The highest BCUT2D eigenvalue weighted by molar-refractivity contribution is 7.16. The fraction of sp³-hybridized carbons (Fsp3) is 0.231. The maximum absolute atomic E-state index is 13.2. The van der Waals surface area contributed by atoms with Crippen molar-refractivity contribution < 1.29 is 23.5 Å². The molecule has 6 nitrogen and oxygen atoms in total. The van der Waals surface area contributed by atoms with Crippen molar-refractivity contribution in [2.75, 3.05) is 32.6 Å². The number of thiophene rings is 1. The van der Waals surface area contributed by atoms with E-state index in [1.165, 1.54) is 43.8 Å². The molecule has 8 heteroatoms. The Morgan fingerprint density at radius 3 is 2.35 bits per heavy atom. The molecule has 0 atom stereocenters. The number of nitrogens with zero attached hydrogens (tertiary/aromatic N) is 1. The van der Waals surface area contributed by atoms with Crippen molar-refractivity contribution in [1.82, 2.24) is 4.90 Å². The topological polar surface area (TPSA) is 67.9 Å². The summed E-state index contributed by atoms with van der Waals surface area (Å²) < 4.78 is 23.9. The molecule has 1 aromatic heterocycles. The van der Waals surface area contributed by atoms with Crippen molar-refractivity contribution in [3.8, 4) is 21.9 Å². The number of likely N-dealkylation sites (tertiary alicyclic amines) is 1. The number of halogens is 1. The molecule has 0 radical (unpaired) electrons. The summed E-state index contributed by atoms with van der Waals surface area (Å²) in [5.41, 5.74) is 1.63. The summed E-state index contributed by atoms with van der Waals surface area (Å²) in [6.07, 6.45) is 5.05. The van der Waals surface area contributed by atoms with Gasteiger partial charge in [0.15, 0.2) is 11.5 Å². The van der Waals surface area contributed by atoms with E-state index in [9.17, 15) is 14.0 Å². The fourth-order valence-electron chi connectivity index (χ4n) is 3.79. The van der Waals surface area contributed by atoms with E-state index in [1.807, 2.05) is 12.1 Å². The standard InChI is InChI=1S/C26H25FN2O4S/c1-32-22-15-20(26(31)29-13-3-4-14-29)21(16-23(22)33-2)28-25(30)12-10-19-9-11-24(34-19)17-5-7-18(27)8-6-17/h5-12,15-16H,3-4,13-14H2,1-2H3,(H,28,30)/b12-10+. The molecule has 3 aromatic rings. The first-order chi connectivity index (χ1) is 16.5. The van der Waals surface area contributed by atoms with Gasteiger partial charge in [0.1, 0.15) is 5.82 Å². The third-order valence-electron chi connectivity index (χ3n) is 5.56. The summed E-state index contributed by atoms with van der Waals surface area (Å²) in [5.74, 6) is 0.0293. The number of methoxy groups -OCH3 is 2. The predicted molar refractivity (Wildman–Crippen MR) is 132 cm³/mol. The van der Waals surface area contributed by atoms with Crippen LogP contribution in [0, 0.1) is 5.82 Å². The third-order valence-corrected chi connectivity index (χ3v) is 6.66. The van der Waals surface area contributed by atoms with Crippen LogP contribution in [0.3, 0.4) is 0 Å². The first kappa shape index (κ1) is 23.5. The molecule has 0 bridgehead atoms. The van der Waals surface area contributed by atoms with E-state index in [0.29, 0.717) is 35.8 Å². The van der Waals surface area contributed by atoms with Gasteiger partial charge in [-0.05, 0) is 54.8 Å². The molecule has 34 heavy (non-hydrogen) atoms. The molecule has 1 aliphatic rings. The molecule has 1 fully saturated rings. The maximum Gasteiger partial charge on any atom is 0.256 e. The molecule has 2 heterocycles. The van der Waals surface area contributed by atoms with Crippen LogP contribution in [0.4, 0.5) is 10.1 Å². The van der Waals surface area contributed by atoms with Gasteiger partial charge in [-0.15, -0.1) is 11.3 Å². The van der Waals surface area contributed by atoms with Crippen LogP contribution in [0.15, 0.2) is 54.6 Å². The zero-order valence-corrected chi connectivity index (χ0v) is 19.8. The lowest BCUT2D eigenvalue weighted by Gasteiger charge is -2.19. The Hall–Kier alpha value is -3.65. The van der Waals surface area contributed by atoms with Crippen molar-refractivity contribution in [3.63, 3.8) is 0 Å². The number of benzene rings is 2. The minimum absolute atomic E-state index is 0.153. The van der Waals surface area contributed by atoms with Crippen LogP contribution in [0.1, 0.15) is 28.1 Å². The highest BCUT2D eigenvalue weighted by Gasteiger charge is 2.24. The second kappa shape index (κ2) is 10.5. The molecule has 2 aromatic carbocycles. The largest absolute Gasteiger partial charge is 0.493 e. The van der Waals surface area contributed by atoms with Crippen LogP contribution >= 0.6 is 11.3 Å². The zero-order chi connectivity index (χ0) is 24.1. The average molecular weight is 481 g/mol. The summed E-state index contributed by atoms with van der Waals surface area (Å²) in [6.45, 7) is 1.38. The third kappa shape index (κ3) is 5.28. The second-order valence-electron chi connectivity index (χ2n) is 7.78. The van der Waals surface area contributed by atoms with Crippen LogP contribution in [-0.2, 0) is 4.79 Å². The van der Waals surface area contributed by atoms with E-state index in [2.05, 4.69) is 5.32 Å². The second-order valence-corrected chi connectivity index (χ2v) is 8.90. The predicted octanol–water partition coefficient (Wildman–Crippen LogP) is 5.46. The highest BCUT2D eigenvalue weighted by atomic mass is 32.1. The number of rotatable bonds is 7. The molecule has 0 unspecified atom stereocenters. The molecule has 4 rings (SSSR count). The van der Waals surface area contributed by atoms with Gasteiger partial charge >= 0.3 is 0 Å². The van der Waals surface area contributed by atoms with Gasteiger partial charge in [-0.2, -0.15) is 0 Å². The number of amides is 2. The van der Waals surface area contributed by atoms with E-state index in [1.54, 1.807) is 35.2 Å². The number of hydrogen-bond acceptors (Lipinski definition) is 5. The van der Waals surface area contributed by atoms with Gasteiger partial charge in [-0.3, -0.25) is 9.59 Å². The molecule has 0 spiro atoms. The van der Waals surface area contributed by atoms with Crippen molar-refractivity contribution in [1.29, 1.82) is 0 Å². The lowest BCUT2D eigenvalue weighted by atomic mass is 10.1. The molecule has 176 valence electrons. The van der Waals surface area contributed by atoms with Crippen molar-refractivity contribution >= 4 is 34.9 Å². The summed E-state index contributed by atoms with van der Waals surface area (Å²) >= 11 is 1.49. The molecule has 2 amide bonds. The van der Waals surface area contributed by atoms with Gasteiger partial charge in [0.2, 0.25) is 5.91 Å². The molecule has 1 saturated heterocycles. The van der Waals surface area contributed by atoms with Gasteiger partial charge in [-0.1, -0.05) is 12.1 Å². The Balaban J connectivity index is 1.53. The molecule has 1 N–H and O–H groups in total. The Labute approximate surface area is 201 Å². The average Bonchev–Trinajstić information content (AvgIpc) is 3.55.